The predicted molar refractivity (Wildman–Crippen MR) is 110 cm³/mol. The lowest BCUT2D eigenvalue weighted by Crippen LogP contribution is -2.40. The van der Waals surface area contributed by atoms with Crippen LogP contribution in [0.3, 0.4) is 0 Å². The zero-order valence-corrected chi connectivity index (χ0v) is 17.2. The fourth-order valence-electron chi connectivity index (χ4n) is 2.41. The molecule has 2 rings (SSSR count). The highest BCUT2D eigenvalue weighted by atomic mass is 127. The smallest absolute Gasteiger partial charge is 0.193 e. The lowest BCUT2D eigenvalue weighted by Gasteiger charge is -2.22. The van der Waals surface area contributed by atoms with Crippen LogP contribution in [0.15, 0.2) is 47.6 Å². The second-order valence-electron chi connectivity index (χ2n) is 5.55. The van der Waals surface area contributed by atoms with Crippen LogP contribution >= 0.6 is 24.0 Å². The second-order valence-corrected chi connectivity index (χ2v) is 5.55. The molecule has 24 heavy (non-hydrogen) atoms. The molecule has 0 aliphatic carbocycles. The number of aryl methyl sites for hydroxylation is 2. The minimum absolute atomic E-state index is 0. The maximum Gasteiger partial charge on any atom is 0.193 e. The molecular weight excluding hydrogens is 415 g/mol. The van der Waals surface area contributed by atoms with Crippen LogP contribution in [0.1, 0.15) is 11.3 Å². The van der Waals surface area contributed by atoms with Gasteiger partial charge in [-0.25, -0.2) is 0 Å². The molecule has 1 aromatic carbocycles. The van der Waals surface area contributed by atoms with Gasteiger partial charge >= 0.3 is 0 Å². The van der Waals surface area contributed by atoms with Crippen molar-refractivity contribution in [3.8, 4) is 5.75 Å². The molecular formula is C18H27IN4O. The zero-order valence-electron chi connectivity index (χ0n) is 14.8. The summed E-state index contributed by atoms with van der Waals surface area (Å²) in [6, 6.07) is 12.2. The van der Waals surface area contributed by atoms with E-state index in [0.29, 0.717) is 13.2 Å². The Morgan fingerprint density at radius 3 is 2.62 bits per heavy atom. The van der Waals surface area contributed by atoms with Crippen LogP contribution in [0, 0.1) is 6.92 Å². The van der Waals surface area contributed by atoms with Crippen molar-refractivity contribution in [3.63, 3.8) is 0 Å². The summed E-state index contributed by atoms with van der Waals surface area (Å²) in [5.74, 6) is 1.79. The maximum atomic E-state index is 5.80. The van der Waals surface area contributed by atoms with Gasteiger partial charge in [0.05, 0.1) is 13.1 Å². The van der Waals surface area contributed by atoms with E-state index in [1.807, 2.05) is 25.2 Å². The molecule has 0 aliphatic rings. The van der Waals surface area contributed by atoms with E-state index >= 15 is 0 Å². The lowest BCUT2D eigenvalue weighted by molar-refractivity contribution is 0.317. The number of benzene rings is 1. The molecule has 1 heterocycles. The van der Waals surface area contributed by atoms with E-state index in [1.54, 1.807) is 7.05 Å². The van der Waals surface area contributed by atoms with Gasteiger partial charge in [0, 0.05) is 33.0 Å². The van der Waals surface area contributed by atoms with E-state index in [-0.39, 0.29) is 24.0 Å². The Bertz CT molecular complexity index is 654. The third-order valence-electron chi connectivity index (χ3n) is 3.76. The monoisotopic (exact) mass is 442 g/mol. The van der Waals surface area contributed by atoms with Crippen LogP contribution in [-0.4, -0.2) is 42.7 Å². The number of halogens is 1. The molecule has 5 nitrogen and oxygen atoms in total. The normalized spacial score (nSPS) is 10.9. The molecule has 0 spiro atoms. The predicted octanol–water partition coefficient (Wildman–Crippen LogP) is 3.04. The highest BCUT2D eigenvalue weighted by Gasteiger charge is 2.08. The van der Waals surface area contributed by atoms with Gasteiger partial charge in [-0.1, -0.05) is 18.2 Å². The molecule has 6 heteroatoms. The molecule has 0 radical (unpaired) electrons. The van der Waals surface area contributed by atoms with Crippen LogP contribution in [0.25, 0.3) is 0 Å². The zero-order chi connectivity index (χ0) is 16.7. The Balaban J connectivity index is 0.00000288. The highest BCUT2D eigenvalue weighted by Crippen LogP contribution is 2.15. The molecule has 0 fully saturated rings. The molecule has 0 amide bonds. The number of aromatic nitrogens is 1. The van der Waals surface area contributed by atoms with Crippen molar-refractivity contribution in [2.24, 2.45) is 12.0 Å². The number of hydrogen-bond acceptors (Lipinski definition) is 2. The summed E-state index contributed by atoms with van der Waals surface area (Å²) in [7, 11) is 5.88. The molecule has 1 aromatic heterocycles. The SMILES string of the molecule is CN=C(NCCOc1ccccc1C)N(C)Cc1cccn1C.I. The summed E-state index contributed by atoms with van der Waals surface area (Å²) >= 11 is 0. The van der Waals surface area contributed by atoms with Crippen LogP contribution in [0.4, 0.5) is 0 Å². The summed E-state index contributed by atoms with van der Waals surface area (Å²) in [6.45, 7) is 4.16. The van der Waals surface area contributed by atoms with E-state index in [0.717, 1.165) is 23.8 Å². The average molecular weight is 442 g/mol. The van der Waals surface area contributed by atoms with Crippen molar-refractivity contribution in [1.29, 1.82) is 0 Å². The fraction of sp³-hybridized carbons (Fsp3) is 0.389. The minimum Gasteiger partial charge on any atom is -0.491 e. The van der Waals surface area contributed by atoms with Gasteiger partial charge in [-0.3, -0.25) is 4.99 Å². The van der Waals surface area contributed by atoms with Gasteiger partial charge in [0.2, 0.25) is 0 Å². The minimum atomic E-state index is 0. The molecule has 1 N–H and O–H groups in total. The van der Waals surface area contributed by atoms with Crippen molar-refractivity contribution < 1.29 is 4.74 Å². The molecule has 0 saturated heterocycles. The van der Waals surface area contributed by atoms with Crippen molar-refractivity contribution in [2.75, 3.05) is 27.2 Å². The number of nitrogens with zero attached hydrogens (tertiary/aromatic N) is 3. The van der Waals surface area contributed by atoms with Gasteiger partial charge in [-0.2, -0.15) is 0 Å². The fourth-order valence-corrected chi connectivity index (χ4v) is 2.41. The summed E-state index contributed by atoms with van der Waals surface area (Å²) in [5.41, 5.74) is 2.39. The first-order valence-corrected chi connectivity index (χ1v) is 7.82. The highest BCUT2D eigenvalue weighted by molar-refractivity contribution is 14.0. The van der Waals surface area contributed by atoms with Crippen LogP contribution in [-0.2, 0) is 13.6 Å². The Morgan fingerprint density at radius 1 is 1.25 bits per heavy atom. The quantitative estimate of drug-likeness (QED) is 0.324. The van der Waals surface area contributed by atoms with Gasteiger partial charge in [0.15, 0.2) is 5.96 Å². The third kappa shape index (κ3) is 5.74. The number of aliphatic imine (C=N–C) groups is 1. The summed E-state index contributed by atoms with van der Waals surface area (Å²) in [6.07, 6.45) is 2.05. The largest absolute Gasteiger partial charge is 0.491 e. The molecule has 0 bridgehead atoms. The number of nitrogens with one attached hydrogen (secondary N) is 1. The van der Waals surface area contributed by atoms with Crippen molar-refractivity contribution in [3.05, 3.63) is 53.9 Å². The maximum absolute atomic E-state index is 5.80. The number of para-hydroxylation sites is 1. The number of hydrogen-bond donors (Lipinski definition) is 1. The van der Waals surface area contributed by atoms with Gasteiger partial charge in [0.25, 0.3) is 0 Å². The molecule has 132 valence electrons. The van der Waals surface area contributed by atoms with Gasteiger partial charge in [-0.05, 0) is 30.7 Å². The van der Waals surface area contributed by atoms with Crippen LogP contribution < -0.4 is 10.1 Å². The second kappa shape index (κ2) is 10.2. The van der Waals surface area contributed by atoms with E-state index in [1.165, 1.54) is 5.69 Å². The molecule has 0 atom stereocenters. The third-order valence-corrected chi connectivity index (χ3v) is 3.76. The summed E-state index contributed by atoms with van der Waals surface area (Å²) in [5, 5.41) is 3.33. The Labute approximate surface area is 161 Å². The van der Waals surface area contributed by atoms with Gasteiger partial charge < -0.3 is 19.5 Å². The van der Waals surface area contributed by atoms with Crippen molar-refractivity contribution in [1.82, 2.24) is 14.8 Å². The Kier molecular flexibility index (Phi) is 8.67. The van der Waals surface area contributed by atoms with E-state index < -0.39 is 0 Å². The number of guanidine groups is 1. The van der Waals surface area contributed by atoms with Crippen LogP contribution in [0.2, 0.25) is 0 Å². The summed E-state index contributed by atoms with van der Waals surface area (Å²) < 4.78 is 7.91. The number of ether oxygens (including phenoxy) is 1. The number of rotatable bonds is 6. The first-order chi connectivity index (χ1) is 11.1. The summed E-state index contributed by atoms with van der Waals surface area (Å²) in [4.78, 5) is 6.43. The van der Waals surface area contributed by atoms with Crippen molar-refractivity contribution in [2.45, 2.75) is 13.5 Å². The first-order valence-electron chi connectivity index (χ1n) is 7.82. The molecule has 0 unspecified atom stereocenters. The molecule has 2 aromatic rings. The standard InChI is InChI=1S/C18H26N4O.HI/c1-15-8-5-6-10-17(15)23-13-11-20-18(19-2)22(4)14-16-9-7-12-21(16)3;/h5-10,12H,11,13-14H2,1-4H3,(H,19,20);1H. The Hall–Kier alpha value is -1.70. The van der Waals surface area contributed by atoms with Gasteiger partial charge in [-0.15, -0.1) is 24.0 Å². The average Bonchev–Trinajstić information content (AvgIpc) is 2.94. The van der Waals surface area contributed by atoms with Crippen molar-refractivity contribution >= 4 is 29.9 Å². The molecule has 0 aliphatic heterocycles. The first kappa shape index (κ1) is 20.3. The van der Waals surface area contributed by atoms with Crippen LogP contribution in [0.5, 0.6) is 5.75 Å². The topological polar surface area (TPSA) is 41.8 Å². The van der Waals surface area contributed by atoms with Gasteiger partial charge in [0.1, 0.15) is 12.4 Å². The van der Waals surface area contributed by atoms with E-state index in [9.17, 15) is 0 Å². The Morgan fingerprint density at radius 2 is 2.00 bits per heavy atom. The lowest BCUT2D eigenvalue weighted by atomic mass is 10.2. The van der Waals surface area contributed by atoms with E-state index in [4.69, 9.17) is 4.74 Å². The molecule has 0 saturated carbocycles. The van der Waals surface area contributed by atoms with E-state index in [2.05, 4.69) is 58.1 Å².